The Labute approximate surface area is 485 Å². The van der Waals surface area contributed by atoms with Crippen LogP contribution in [0.5, 0.6) is 0 Å². The highest BCUT2D eigenvalue weighted by atomic mass is 16.3. The minimum absolute atomic E-state index is 0.000000579. The van der Waals surface area contributed by atoms with Gasteiger partial charge in [-0.05, 0) is 189 Å². The van der Waals surface area contributed by atoms with Crippen molar-refractivity contribution in [2.24, 2.45) is 0 Å². The third-order valence-corrected chi connectivity index (χ3v) is 17.8. The molecule has 0 N–H and O–H groups in total. The molecule has 0 radical (unpaired) electrons. The summed E-state index contributed by atoms with van der Waals surface area (Å²) in [5.41, 5.74) is 28.6. The van der Waals surface area contributed by atoms with Crippen molar-refractivity contribution in [3.05, 3.63) is 240 Å². The third-order valence-electron chi connectivity index (χ3n) is 17.8. The molecular formula is C75H70B2N4O. The van der Waals surface area contributed by atoms with E-state index >= 15 is 0 Å². The van der Waals surface area contributed by atoms with Crippen LogP contribution in [-0.2, 0) is 16.2 Å². The molecule has 0 fully saturated rings. The molecule has 82 heavy (non-hydrogen) atoms. The summed E-state index contributed by atoms with van der Waals surface area (Å²) in [6, 6.07) is 78.0. The van der Waals surface area contributed by atoms with Gasteiger partial charge in [-0.2, -0.15) is 0 Å². The normalized spacial score (nSPS) is 14.0. The summed E-state index contributed by atoms with van der Waals surface area (Å²) in [7, 11) is 0. The first kappa shape index (κ1) is 51.5. The minimum atomic E-state index is -0.190. The Kier molecular flexibility index (Phi) is 11.7. The lowest BCUT2D eigenvalue weighted by Crippen LogP contribution is -2.61. The molecule has 4 heterocycles. The fourth-order valence-corrected chi connectivity index (χ4v) is 13.6. The predicted octanol–water partition coefficient (Wildman–Crippen LogP) is 17.8. The second-order valence-electron chi connectivity index (χ2n) is 26.5. The first-order valence-corrected chi connectivity index (χ1v) is 29.3. The molecule has 14 rings (SSSR count). The fourth-order valence-electron chi connectivity index (χ4n) is 13.6. The van der Waals surface area contributed by atoms with Crippen molar-refractivity contribution in [2.75, 3.05) is 19.4 Å². The molecule has 10 aromatic carbocycles. The highest BCUT2D eigenvalue weighted by Gasteiger charge is 2.50. The molecule has 0 unspecified atom stereocenters. The molecule has 0 saturated carbocycles. The van der Waals surface area contributed by atoms with Crippen LogP contribution in [0.2, 0.25) is 0 Å². The van der Waals surface area contributed by atoms with Crippen LogP contribution in [0.25, 0.3) is 33.1 Å². The maximum Gasteiger partial charge on any atom is 0.421 e. The molecule has 1 aromatic heterocycles. The summed E-state index contributed by atoms with van der Waals surface area (Å²) in [5, 5.41) is 2.28. The van der Waals surface area contributed by atoms with Gasteiger partial charge in [-0.3, -0.25) is 0 Å². The first-order valence-electron chi connectivity index (χ1n) is 29.3. The summed E-state index contributed by atoms with van der Waals surface area (Å²) in [6.07, 6.45) is 0. The Morgan fingerprint density at radius 3 is 1.43 bits per heavy atom. The number of para-hydroxylation sites is 3. The second-order valence-corrected chi connectivity index (χ2v) is 26.5. The zero-order valence-corrected chi connectivity index (χ0v) is 49.5. The number of furan rings is 1. The number of benzene rings is 10. The molecule has 7 heteroatoms. The molecule has 11 aromatic rings. The van der Waals surface area contributed by atoms with Crippen LogP contribution in [-0.4, -0.2) is 13.7 Å². The highest BCUT2D eigenvalue weighted by molar-refractivity contribution is 7.00. The topological polar surface area (TPSA) is 26.1 Å². The van der Waals surface area contributed by atoms with Gasteiger partial charge in [0.05, 0.1) is 11.4 Å². The van der Waals surface area contributed by atoms with E-state index in [2.05, 4.69) is 303 Å². The lowest BCUT2D eigenvalue weighted by Gasteiger charge is -2.45. The molecule has 0 atom stereocenters. The Morgan fingerprint density at radius 1 is 0.341 bits per heavy atom. The van der Waals surface area contributed by atoms with Crippen molar-refractivity contribution in [3.63, 3.8) is 0 Å². The highest BCUT2D eigenvalue weighted by Crippen LogP contribution is 2.52. The Balaban J connectivity index is 1.03. The van der Waals surface area contributed by atoms with Gasteiger partial charge in [-0.15, -0.1) is 0 Å². The van der Waals surface area contributed by atoms with E-state index in [0.717, 1.165) is 55.8 Å². The lowest BCUT2D eigenvalue weighted by atomic mass is 9.33. The van der Waals surface area contributed by atoms with Crippen molar-refractivity contribution < 1.29 is 4.42 Å². The SMILES string of the molecule is Cc1cc2c3c(c1)N(c1ccc(C(C)(C)C)cc1)c1cc4c(cc1B3c1ccc(C(C)(C)C)cc1N2c1ccc(-c2ccc3c(c2)oc2ccccc23)cc1)N(c1ccccc1)B(c1c(C)cc(C(C)(C)C)cc1C)N4c1ccccc1. The Morgan fingerprint density at radius 2 is 0.841 bits per heavy atom. The van der Waals surface area contributed by atoms with Gasteiger partial charge in [-0.25, -0.2) is 0 Å². The maximum atomic E-state index is 6.39. The second kappa shape index (κ2) is 18.7. The molecule has 3 aliphatic heterocycles. The van der Waals surface area contributed by atoms with Gasteiger partial charge in [0.2, 0.25) is 0 Å². The molecule has 3 aliphatic rings. The van der Waals surface area contributed by atoms with Gasteiger partial charge in [0, 0.05) is 56.3 Å². The van der Waals surface area contributed by atoms with Crippen LogP contribution in [0.3, 0.4) is 0 Å². The fraction of sp³-hybridized carbons (Fsp3) is 0.200. The molecule has 402 valence electrons. The number of nitrogens with zero attached hydrogens (tertiary/aromatic N) is 4. The summed E-state index contributed by atoms with van der Waals surface area (Å²) in [4.78, 5) is 10.4. The number of fused-ring (bicyclic) bond motifs is 8. The van der Waals surface area contributed by atoms with Crippen molar-refractivity contribution >= 4 is 114 Å². The van der Waals surface area contributed by atoms with Crippen LogP contribution in [0, 0.1) is 20.8 Å². The van der Waals surface area contributed by atoms with E-state index in [1.54, 1.807) is 0 Å². The van der Waals surface area contributed by atoms with Crippen molar-refractivity contribution in [1.82, 2.24) is 0 Å². The molecule has 0 amide bonds. The van der Waals surface area contributed by atoms with E-state index in [-0.39, 0.29) is 29.9 Å². The van der Waals surface area contributed by atoms with Crippen LogP contribution < -0.4 is 41.3 Å². The summed E-state index contributed by atoms with van der Waals surface area (Å²) >= 11 is 0. The van der Waals surface area contributed by atoms with Crippen LogP contribution in [0.15, 0.2) is 211 Å². The van der Waals surface area contributed by atoms with E-state index in [4.69, 9.17) is 4.42 Å². The van der Waals surface area contributed by atoms with Crippen molar-refractivity contribution in [2.45, 2.75) is 99.3 Å². The molecule has 0 aliphatic carbocycles. The standard InChI is InChI=1S/C75H70B2N4O/c1-47-39-67-72-68(40-47)79(56-35-30-52(31-36-56)73(4,5)6)64-46-66-65(80(57-21-15-13-16-22-57)77(81(66)58-23-17-14-18-24-58)71-48(2)41-54(42-49(71)3)75(10,11)12)45-62(64)76(72)61-38-32-53(74(7,8)9)44-63(61)78(67)55-33-27-50(28-34-55)51-29-37-60-59-25-19-20-26-69(59)82-70(60)43-51/h13-46H,1-12H3. The largest absolute Gasteiger partial charge is 0.456 e. The van der Waals surface area contributed by atoms with Gasteiger partial charge >= 0.3 is 6.98 Å². The summed E-state index contributed by atoms with van der Waals surface area (Å²) in [5.74, 6) is 0. The van der Waals surface area contributed by atoms with Crippen LogP contribution >= 0.6 is 0 Å². The summed E-state index contributed by atoms with van der Waals surface area (Å²) < 4.78 is 6.39. The lowest BCUT2D eigenvalue weighted by molar-refractivity contribution is 0.589. The third kappa shape index (κ3) is 8.29. The van der Waals surface area contributed by atoms with Crippen molar-refractivity contribution in [1.29, 1.82) is 0 Å². The average Bonchev–Trinajstić information content (AvgIpc) is 1.42. The first-order chi connectivity index (χ1) is 39.3. The maximum absolute atomic E-state index is 6.39. The smallest absolute Gasteiger partial charge is 0.421 e. The van der Waals surface area contributed by atoms with E-state index in [1.807, 2.05) is 6.07 Å². The number of hydrogen-bond acceptors (Lipinski definition) is 5. The van der Waals surface area contributed by atoms with Gasteiger partial charge in [0.1, 0.15) is 11.2 Å². The Hall–Kier alpha value is -8.67. The van der Waals surface area contributed by atoms with Crippen molar-refractivity contribution in [3.8, 4) is 11.1 Å². The van der Waals surface area contributed by atoms with Gasteiger partial charge in [-0.1, -0.05) is 183 Å². The minimum Gasteiger partial charge on any atom is -0.456 e. The average molecular weight is 1070 g/mol. The van der Waals surface area contributed by atoms with Gasteiger partial charge in [0.25, 0.3) is 6.71 Å². The zero-order chi connectivity index (χ0) is 56.7. The molecule has 0 bridgehead atoms. The monoisotopic (exact) mass is 1060 g/mol. The molecule has 0 saturated heterocycles. The van der Waals surface area contributed by atoms with E-state index < -0.39 is 0 Å². The molecule has 5 nitrogen and oxygen atoms in total. The zero-order valence-electron chi connectivity index (χ0n) is 49.5. The van der Waals surface area contributed by atoms with E-state index in [0.29, 0.717) is 0 Å². The van der Waals surface area contributed by atoms with E-state index in [1.165, 1.54) is 89.4 Å². The Bertz CT molecular complexity index is 4310. The number of hydrogen-bond donors (Lipinski definition) is 0. The quantitative estimate of drug-likeness (QED) is 0.155. The van der Waals surface area contributed by atoms with E-state index in [9.17, 15) is 0 Å². The van der Waals surface area contributed by atoms with Gasteiger partial charge < -0.3 is 23.8 Å². The summed E-state index contributed by atoms with van der Waals surface area (Å²) in [6.45, 7) is 27.5. The molecular weight excluding hydrogens is 994 g/mol. The number of aryl methyl sites for hydroxylation is 3. The molecule has 0 spiro atoms. The number of anilines is 10. The van der Waals surface area contributed by atoms with Crippen LogP contribution in [0.4, 0.5) is 56.9 Å². The predicted molar refractivity (Wildman–Crippen MR) is 352 cm³/mol. The number of rotatable bonds is 6. The van der Waals surface area contributed by atoms with Crippen LogP contribution in [0.1, 0.15) is 95.7 Å². The van der Waals surface area contributed by atoms with Gasteiger partial charge in [0.15, 0.2) is 0 Å².